The van der Waals surface area contributed by atoms with E-state index in [1.54, 1.807) is 0 Å². The number of rotatable bonds is 4. The Bertz CT molecular complexity index is 618. The van der Waals surface area contributed by atoms with E-state index in [1.165, 1.54) is 7.05 Å². The molecule has 1 unspecified atom stereocenters. The second kappa shape index (κ2) is 6.30. The minimum Gasteiger partial charge on any atom is -0.374 e. The summed E-state index contributed by atoms with van der Waals surface area (Å²) in [7, 11) is -3.03. The number of nitrogens with zero attached hydrogens (tertiary/aromatic N) is 1. The summed E-state index contributed by atoms with van der Waals surface area (Å²) in [5, 5.41) is 3.03. The molecule has 21 heavy (non-hydrogen) atoms. The highest BCUT2D eigenvalue weighted by Crippen LogP contribution is 2.22. The Morgan fingerprint density at radius 1 is 1.33 bits per heavy atom. The van der Waals surface area contributed by atoms with Crippen molar-refractivity contribution in [2.45, 2.75) is 11.0 Å². The molecule has 1 atom stereocenters. The van der Waals surface area contributed by atoms with Crippen LogP contribution in [0.15, 0.2) is 17.0 Å². The Morgan fingerprint density at radius 3 is 2.67 bits per heavy atom. The maximum Gasteiger partial charge on any atom is 0.245 e. The summed E-state index contributed by atoms with van der Waals surface area (Å²) < 4.78 is 70.3. The molecule has 0 bridgehead atoms. The molecule has 1 saturated heterocycles. The maximum atomic E-state index is 13.6. The molecule has 1 aliphatic heterocycles. The third-order valence-corrected chi connectivity index (χ3v) is 4.99. The van der Waals surface area contributed by atoms with Crippen LogP contribution in [0.3, 0.4) is 0 Å². The molecule has 1 aromatic carbocycles. The highest BCUT2D eigenvalue weighted by Gasteiger charge is 2.30. The van der Waals surface area contributed by atoms with Gasteiger partial charge in [0.1, 0.15) is 4.90 Å². The van der Waals surface area contributed by atoms with E-state index >= 15 is 0 Å². The van der Waals surface area contributed by atoms with E-state index in [2.05, 4.69) is 5.32 Å². The molecule has 0 radical (unpaired) electrons. The van der Waals surface area contributed by atoms with Gasteiger partial charge in [-0.05, 0) is 12.1 Å². The lowest BCUT2D eigenvalue weighted by atomic mass is 10.3. The van der Waals surface area contributed by atoms with Crippen LogP contribution in [0, 0.1) is 17.5 Å². The molecule has 5 nitrogen and oxygen atoms in total. The van der Waals surface area contributed by atoms with Crippen molar-refractivity contribution in [2.24, 2.45) is 0 Å². The van der Waals surface area contributed by atoms with Gasteiger partial charge < -0.3 is 10.1 Å². The molecule has 2 rings (SSSR count). The second-order valence-corrected chi connectivity index (χ2v) is 6.67. The SMILES string of the molecule is CN(CC1CNCCO1)S(=O)(=O)c1ccc(F)c(F)c1F. The number of sulfonamides is 1. The van der Waals surface area contributed by atoms with E-state index in [4.69, 9.17) is 4.74 Å². The van der Waals surface area contributed by atoms with Gasteiger partial charge in [0.05, 0.1) is 12.7 Å². The van der Waals surface area contributed by atoms with Crippen molar-refractivity contribution < 1.29 is 26.3 Å². The zero-order valence-corrected chi connectivity index (χ0v) is 12.1. The van der Waals surface area contributed by atoms with Crippen molar-refractivity contribution in [2.75, 3.05) is 33.3 Å². The van der Waals surface area contributed by atoms with Crippen LogP contribution in [-0.2, 0) is 14.8 Å². The van der Waals surface area contributed by atoms with Crippen LogP contribution >= 0.6 is 0 Å². The van der Waals surface area contributed by atoms with Crippen molar-refractivity contribution in [3.63, 3.8) is 0 Å². The Hall–Kier alpha value is -1.16. The normalized spacial score (nSPS) is 20.0. The monoisotopic (exact) mass is 324 g/mol. The highest BCUT2D eigenvalue weighted by atomic mass is 32.2. The number of hydrogen-bond acceptors (Lipinski definition) is 4. The summed E-state index contributed by atoms with van der Waals surface area (Å²) in [5.74, 6) is -4.96. The Morgan fingerprint density at radius 2 is 2.05 bits per heavy atom. The van der Waals surface area contributed by atoms with Crippen LogP contribution in [0.4, 0.5) is 13.2 Å². The van der Waals surface area contributed by atoms with Crippen molar-refractivity contribution in [3.05, 3.63) is 29.6 Å². The van der Waals surface area contributed by atoms with Crippen molar-refractivity contribution in [3.8, 4) is 0 Å². The molecule has 9 heteroatoms. The van der Waals surface area contributed by atoms with Gasteiger partial charge in [-0.1, -0.05) is 0 Å². The van der Waals surface area contributed by atoms with Crippen LogP contribution in [-0.4, -0.2) is 52.1 Å². The molecule has 118 valence electrons. The molecule has 1 fully saturated rings. The number of likely N-dealkylation sites (N-methyl/N-ethyl adjacent to an activating group) is 1. The molecular formula is C12H15F3N2O3S. The first-order chi connectivity index (χ1) is 9.84. The third kappa shape index (κ3) is 3.37. The van der Waals surface area contributed by atoms with Crippen molar-refractivity contribution in [1.29, 1.82) is 0 Å². The number of benzene rings is 1. The van der Waals surface area contributed by atoms with Crippen molar-refractivity contribution in [1.82, 2.24) is 9.62 Å². The number of hydrogen-bond donors (Lipinski definition) is 1. The van der Waals surface area contributed by atoms with Gasteiger partial charge in [-0.3, -0.25) is 0 Å². The molecule has 1 aliphatic rings. The Labute approximate surface area is 120 Å². The lowest BCUT2D eigenvalue weighted by molar-refractivity contribution is 0.0206. The molecule has 1 aromatic rings. The minimum atomic E-state index is -4.26. The fraction of sp³-hybridized carbons (Fsp3) is 0.500. The van der Waals surface area contributed by atoms with Crippen molar-refractivity contribution >= 4 is 10.0 Å². The summed E-state index contributed by atoms with van der Waals surface area (Å²) in [6, 6.07) is 1.29. The van der Waals surface area contributed by atoms with Crippen LogP contribution in [0.25, 0.3) is 0 Å². The van der Waals surface area contributed by atoms with Crippen LogP contribution in [0.2, 0.25) is 0 Å². The molecule has 0 aromatic heterocycles. The fourth-order valence-corrected chi connectivity index (χ4v) is 3.25. The summed E-state index contributed by atoms with van der Waals surface area (Å²) in [6.45, 7) is 1.55. The van der Waals surface area contributed by atoms with Crippen LogP contribution in [0.1, 0.15) is 0 Å². The van der Waals surface area contributed by atoms with Gasteiger partial charge in [0.25, 0.3) is 0 Å². The average Bonchev–Trinajstić information content (AvgIpc) is 2.45. The quantitative estimate of drug-likeness (QED) is 0.829. The lowest BCUT2D eigenvalue weighted by Crippen LogP contribution is -2.45. The smallest absolute Gasteiger partial charge is 0.245 e. The van der Waals surface area contributed by atoms with Gasteiger partial charge >= 0.3 is 0 Å². The number of nitrogens with one attached hydrogen (secondary N) is 1. The first-order valence-electron chi connectivity index (χ1n) is 6.26. The van der Waals surface area contributed by atoms with Crippen LogP contribution in [0.5, 0.6) is 0 Å². The van der Waals surface area contributed by atoms with E-state index in [-0.39, 0.29) is 12.6 Å². The predicted octanol–water partition coefficient (Wildman–Crippen LogP) is 0.713. The Kier molecular flexibility index (Phi) is 4.87. The zero-order valence-electron chi connectivity index (χ0n) is 11.3. The van der Waals surface area contributed by atoms with Gasteiger partial charge in [0, 0.05) is 26.7 Å². The van der Waals surface area contributed by atoms with E-state index in [0.29, 0.717) is 31.8 Å². The Balaban J connectivity index is 2.22. The van der Waals surface area contributed by atoms with Crippen LogP contribution < -0.4 is 5.32 Å². The summed E-state index contributed by atoms with van der Waals surface area (Å²) in [6.07, 6.45) is -0.383. The summed E-state index contributed by atoms with van der Waals surface area (Å²) in [5.41, 5.74) is 0. The van der Waals surface area contributed by atoms with Gasteiger partial charge in [0.15, 0.2) is 17.5 Å². The largest absolute Gasteiger partial charge is 0.374 e. The molecule has 1 N–H and O–H groups in total. The summed E-state index contributed by atoms with van der Waals surface area (Å²) in [4.78, 5) is -0.896. The number of morpholine rings is 1. The fourth-order valence-electron chi connectivity index (χ4n) is 2.00. The second-order valence-electron chi connectivity index (χ2n) is 4.66. The maximum absolute atomic E-state index is 13.6. The molecule has 0 saturated carbocycles. The first-order valence-corrected chi connectivity index (χ1v) is 7.70. The number of halogens is 3. The van der Waals surface area contributed by atoms with Gasteiger partial charge in [0.2, 0.25) is 10.0 Å². The topological polar surface area (TPSA) is 58.6 Å². The van der Waals surface area contributed by atoms with E-state index in [0.717, 1.165) is 4.31 Å². The van der Waals surface area contributed by atoms with Gasteiger partial charge in [-0.25, -0.2) is 21.6 Å². The van der Waals surface area contributed by atoms with E-state index < -0.39 is 32.4 Å². The summed E-state index contributed by atoms with van der Waals surface area (Å²) >= 11 is 0. The van der Waals surface area contributed by atoms with Gasteiger partial charge in [-0.15, -0.1) is 0 Å². The molecule has 0 aliphatic carbocycles. The third-order valence-electron chi connectivity index (χ3n) is 3.15. The molecular weight excluding hydrogens is 309 g/mol. The molecule has 0 amide bonds. The van der Waals surface area contributed by atoms with E-state index in [1.807, 2.05) is 0 Å². The zero-order chi connectivity index (χ0) is 15.6. The standard InChI is InChI=1S/C12H15F3N2O3S/c1-17(7-8-6-16-4-5-20-8)21(18,19)10-3-2-9(13)11(14)12(10)15/h2-3,8,16H,4-7H2,1H3. The molecule has 0 spiro atoms. The highest BCUT2D eigenvalue weighted by molar-refractivity contribution is 7.89. The molecule has 1 heterocycles. The van der Waals surface area contributed by atoms with E-state index in [9.17, 15) is 21.6 Å². The first kappa shape index (κ1) is 16.2. The predicted molar refractivity (Wildman–Crippen MR) is 68.7 cm³/mol. The number of ether oxygens (including phenoxy) is 1. The average molecular weight is 324 g/mol. The lowest BCUT2D eigenvalue weighted by Gasteiger charge is -2.27. The minimum absolute atomic E-state index is 0.0201. The van der Waals surface area contributed by atoms with Gasteiger partial charge in [-0.2, -0.15) is 4.31 Å².